The molecule has 0 aliphatic heterocycles. The van der Waals surface area contributed by atoms with Crippen molar-refractivity contribution in [3.05, 3.63) is 109 Å². The Morgan fingerprint density at radius 3 is 1.05 bits per heavy atom. The van der Waals surface area contributed by atoms with Crippen LogP contribution in [0.1, 0.15) is 201 Å². The van der Waals surface area contributed by atoms with Gasteiger partial charge in [-0.1, -0.05) is 169 Å². The summed E-state index contributed by atoms with van der Waals surface area (Å²) in [6, 6.07) is 0. The first-order valence-corrected chi connectivity index (χ1v) is 24.4. The van der Waals surface area contributed by atoms with Gasteiger partial charge in [0.15, 0.2) is 6.10 Å². The molecule has 0 saturated heterocycles. The minimum absolute atomic E-state index is 0.118. The number of unbranched alkanes of at least 4 members (excludes halogenated alkanes) is 13. The Balaban J connectivity index is 4.55. The summed E-state index contributed by atoms with van der Waals surface area (Å²) in [7, 11) is 0. The van der Waals surface area contributed by atoms with Crippen molar-refractivity contribution in [3.63, 3.8) is 0 Å². The Morgan fingerprint density at radius 2 is 0.639 bits per heavy atom. The standard InChI is InChI=1S/C55H88O6/c1-4-7-10-13-16-19-22-25-27-30-32-35-38-41-44-47-53(56)59-50-52(61-55(58)49-46-43-40-37-34-29-24-21-18-15-12-9-6-3)51-60-54(57)48-45-42-39-36-33-31-28-26-23-20-17-14-11-8-5-2/h7-8,10-11,16-17,19-21,24-28,32-33,35-36,52H,4-6,9,12-15,18,22-23,29-31,34,37-51H2,1-3H3/b10-7-,11-8-,19-16-,20-17-,24-21-,27-25-,28-26-,35-32-,36-33-. The molecular formula is C55H88O6. The Morgan fingerprint density at radius 1 is 0.344 bits per heavy atom. The molecule has 0 radical (unpaired) electrons. The van der Waals surface area contributed by atoms with Gasteiger partial charge in [-0.15, -0.1) is 0 Å². The summed E-state index contributed by atoms with van der Waals surface area (Å²) in [4.78, 5) is 37.9. The second kappa shape index (κ2) is 48.7. The topological polar surface area (TPSA) is 78.9 Å². The monoisotopic (exact) mass is 845 g/mol. The van der Waals surface area contributed by atoms with Gasteiger partial charge >= 0.3 is 17.9 Å². The van der Waals surface area contributed by atoms with Crippen LogP contribution in [0.5, 0.6) is 0 Å². The van der Waals surface area contributed by atoms with Crippen LogP contribution in [0.2, 0.25) is 0 Å². The van der Waals surface area contributed by atoms with Crippen LogP contribution in [0.4, 0.5) is 0 Å². The van der Waals surface area contributed by atoms with Crippen LogP contribution in [0.3, 0.4) is 0 Å². The Kier molecular flexibility index (Phi) is 45.6. The van der Waals surface area contributed by atoms with Gasteiger partial charge < -0.3 is 14.2 Å². The molecule has 344 valence electrons. The van der Waals surface area contributed by atoms with Gasteiger partial charge in [-0.05, 0) is 122 Å². The molecule has 6 nitrogen and oxygen atoms in total. The lowest BCUT2D eigenvalue weighted by Gasteiger charge is -2.18. The molecule has 0 bridgehead atoms. The van der Waals surface area contributed by atoms with Crippen molar-refractivity contribution in [2.75, 3.05) is 13.2 Å². The van der Waals surface area contributed by atoms with Gasteiger partial charge in [0.2, 0.25) is 0 Å². The smallest absolute Gasteiger partial charge is 0.306 e. The number of allylic oxidation sites excluding steroid dienone is 18. The van der Waals surface area contributed by atoms with Crippen LogP contribution in [-0.4, -0.2) is 37.2 Å². The zero-order valence-electron chi connectivity index (χ0n) is 39.1. The first-order chi connectivity index (χ1) is 30.0. The van der Waals surface area contributed by atoms with E-state index in [2.05, 4.69) is 130 Å². The fraction of sp³-hybridized carbons (Fsp3) is 0.618. The lowest BCUT2D eigenvalue weighted by molar-refractivity contribution is -0.167. The first-order valence-electron chi connectivity index (χ1n) is 24.4. The largest absolute Gasteiger partial charge is 0.462 e. The summed E-state index contributed by atoms with van der Waals surface area (Å²) < 4.78 is 16.7. The third kappa shape index (κ3) is 47.0. The van der Waals surface area contributed by atoms with E-state index in [1.165, 1.54) is 38.5 Å². The summed E-state index contributed by atoms with van der Waals surface area (Å²) in [6.07, 6.45) is 65.0. The first kappa shape index (κ1) is 57.1. The molecule has 0 aromatic rings. The highest BCUT2D eigenvalue weighted by atomic mass is 16.6. The number of carbonyl (C=O) groups excluding carboxylic acids is 3. The lowest BCUT2D eigenvalue weighted by Crippen LogP contribution is -2.30. The highest BCUT2D eigenvalue weighted by Gasteiger charge is 2.19. The summed E-state index contributed by atoms with van der Waals surface area (Å²) in [5.41, 5.74) is 0. The molecular weight excluding hydrogens is 757 g/mol. The van der Waals surface area contributed by atoms with Crippen LogP contribution < -0.4 is 0 Å². The quantitative estimate of drug-likeness (QED) is 0.0264. The van der Waals surface area contributed by atoms with Gasteiger partial charge in [-0.3, -0.25) is 14.4 Å². The van der Waals surface area contributed by atoms with E-state index in [-0.39, 0.29) is 31.1 Å². The van der Waals surface area contributed by atoms with Crippen molar-refractivity contribution in [2.45, 2.75) is 207 Å². The summed E-state index contributed by atoms with van der Waals surface area (Å²) >= 11 is 0. The predicted octanol–water partition coefficient (Wildman–Crippen LogP) is 16.0. The van der Waals surface area contributed by atoms with E-state index < -0.39 is 6.10 Å². The van der Waals surface area contributed by atoms with Gasteiger partial charge in [0, 0.05) is 19.3 Å². The zero-order valence-corrected chi connectivity index (χ0v) is 39.1. The minimum atomic E-state index is -0.817. The number of carbonyl (C=O) groups is 3. The van der Waals surface area contributed by atoms with E-state index in [4.69, 9.17) is 14.2 Å². The number of esters is 3. The van der Waals surface area contributed by atoms with Gasteiger partial charge in [-0.2, -0.15) is 0 Å². The molecule has 0 aliphatic rings. The van der Waals surface area contributed by atoms with Crippen LogP contribution >= 0.6 is 0 Å². The van der Waals surface area contributed by atoms with Gasteiger partial charge in [0.1, 0.15) is 13.2 Å². The van der Waals surface area contributed by atoms with Crippen molar-refractivity contribution >= 4 is 17.9 Å². The normalized spacial score (nSPS) is 12.6. The van der Waals surface area contributed by atoms with Gasteiger partial charge in [0.25, 0.3) is 0 Å². The van der Waals surface area contributed by atoms with Crippen molar-refractivity contribution < 1.29 is 28.6 Å². The molecule has 0 rings (SSSR count). The molecule has 0 fully saturated rings. The maximum absolute atomic E-state index is 12.8. The third-order valence-corrected chi connectivity index (χ3v) is 9.74. The highest BCUT2D eigenvalue weighted by Crippen LogP contribution is 2.12. The third-order valence-electron chi connectivity index (χ3n) is 9.74. The highest BCUT2D eigenvalue weighted by molar-refractivity contribution is 5.71. The predicted molar refractivity (Wildman–Crippen MR) is 260 cm³/mol. The van der Waals surface area contributed by atoms with E-state index in [1.54, 1.807) is 0 Å². The molecule has 0 aromatic heterocycles. The second-order valence-electron chi connectivity index (χ2n) is 15.6. The molecule has 0 spiro atoms. The van der Waals surface area contributed by atoms with Crippen LogP contribution in [0.25, 0.3) is 0 Å². The number of rotatable bonds is 42. The summed E-state index contributed by atoms with van der Waals surface area (Å²) in [6.45, 7) is 6.29. The van der Waals surface area contributed by atoms with Crippen molar-refractivity contribution in [1.29, 1.82) is 0 Å². The maximum atomic E-state index is 12.8. The fourth-order valence-corrected chi connectivity index (χ4v) is 6.12. The molecule has 6 heteroatoms. The molecule has 0 heterocycles. The Bertz CT molecular complexity index is 1220. The minimum Gasteiger partial charge on any atom is -0.462 e. The van der Waals surface area contributed by atoms with Crippen molar-refractivity contribution in [1.82, 2.24) is 0 Å². The molecule has 61 heavy (non-hydrogen) atoms. The number of hydrogen-bond donors (Lipinski definition) is 0. The SMILES string of the molecule is CC/C=C\C/C=C\C/C=C\C/C=C\CCCCC(=O)OCC(COC(=O)CCCC/C=C\C/C=C\C/C=C\C/C=C\CC)OC(=O)CCCCCCC/C=C\CCCCCC. The zero-order chi connectivity index (χ0) is 44.4. The molecule has 0 amide bonds. The number of hydrogen-bond acceptors (Lipinski definition) is 6. The molecule has 0 N–H and O–H groups in total. The molecule has 0 saturated carbocycles. The fourth-order valence-electron chi connectivity index (χ4n) is 6.12. The van der Waals surface area contributed by atoms with Crippen LogP contribution in [0, 0.1) is 0 Å². The lowest BCUT2D eigenvalue weighted by atomic mass is 10.1. The van der Waals surface area contributed by atoms with Gasteiger partial charge in [-0.25, -0.2) is 0 Å². The molecule has 0 aromatic carbocycles. The molecule has 0 atom stereocenters. The Hall–Kier alpha value is -3.93. The Labute approximate surface area is 374 Å². The average molecular weight is 845 g/mol. The van der Waals surface area contributed by atoms with E-state index in [0.29, 0.717) is 32.1 Å². The maximum Gasteiger partial charge on any atom is 0.306 e. The van der Waals surface area contributed by atoms with Crippen molar-refractivity contribution in [2.24, 2.45) is 0 Å². The van der Waals surface area contributed by atoms with Crippen LogP contribution in [0.15, 0.2) is 109 Å². The van der Waals surface area contributed by atoms with E-state index in [9.17, 15) is 14.4 Å². The number of ether oxygens (including phenoxy) is 3. The van der Waals surface area contributed by atoms with E-state index in [0.717, 1.165) is 109 Å². The summed E-state index contributed by atoms with van der Waals surface area (Å²) in [5, 5.41) is 0. The summed E-state index contributed by atoms with van der Waals surface area (Å²) in [5.74, 6) is -1.02. The van der Waals surface area contributed by atoms with E-state index >= 15 is 0 Å². The average Bonchev–Trinajstić information content (AvgIpc) is 3.26. The molecule has 0 unspecified atom stereocenters. The van der Waals surface area contributed by atoms with Gasteiger partial charge in [0.05, 0.1) is 0 Å². The molecule has 0 aliphatic carbocycles. The second-order valence-corrected chi connectivity index (χ2v) is 15.6. The van der Waals surface area contributed by atoms with E-state index in [1.807, 2.05) is 0 Å². The van der Waals surface area contributed by atoms with Crippen LogP contribution in [-0.2, 0) is 28.6 Å². The van der Waals surface area contributed by atoms with Crippen molar-refractivity contribution in [3.8, 4) is 0 Å².